The molecule has 0 aliphatic heterocycles. The van der Waals surface area contributed by atoms with Crippen LogP contribution in [0.4, 0.5) is 0 Å². The molecule has 10 heavy (non-hydrogen) atoms. The van der Waals surface area contributed by atoms with Crippen LogP contribution in [0.3, 0.4) is 0 Å². The van der Waals surface area contributed by atoms with Crippen molar-refractivity contribution in [3.05, 3.63) is 0 Å². The summed E-state index contributed by atoms with van der Waals surface area (Å²) in [5.74, 6) is 7.21. The zero-order valence-corrected chi connectivity index (χ0v) is 7.87. The Morgan fingerprint density at radius 1 is 1.60 bits per heavy atom. The Kier molecular flexibility index (Phi) is 6.17. The molecule has 3 N–H and O–H groups in total. The first kappa shape index (κ1) is 10.3. The lowest BCUT2D eigenvalue weighted by molar-refractivity contribution is 0.402. The van der Waals surface area contributed by atoms with E-state index in [2.05, 4.69) is 25.5 Å². The molecule has 0 radical (unpaired) electrons. The summed E-state index contributed by atoms with van der Waals surface area (Å²) in [5, 5.41) is 0. The number of nitrogens with two attached hydrogens (primary N) is 1. The highest BCUT2D eigenvalue weighted by Crippen LogP contribution is 2.10. The van der Waals surface area contributed by atoms with E-state index >= 15 is 0 Å². The monoisotopic (exact) mass is 162 g/mol. The number of hydrogen-bond acceptors (Lipinski definition) is 3. The third-order valence-corrected chi connectivity index (χ3v) is 2.63. The Morgan fingerprint density at radius 2 is 2.20 bits per heavy atom. The third kappa shape index (κ3) is 3.44. The van der Waals surface area contributed by atoms with E-state index in [1.807, 2.05) is 11.8 Å². The fraction of sp³-hybridized carbons (Fsp3) is 1.00. The highest BCUT2D eigenvalue weighted by molar-refractivity contribution is 7.98. The molecule has 0 bridgehead atoms. The van der Waals surface area contributed by atoms with Gasteiger partial charge < -0.3 is 0 Å². The van der Waals surface area contributed by atoms with Crippen LogP contribution in [0.15, 0.2) is 0 Å². The molecule has 0 aromatic heterocycles. The lowest BCUT2D eigenvalue weighted by Crippen LogP contribution is -2.40. The van der Waals surface area contributed by atoms with E-state index in [1.54, 1.807) is 0 Å². The summed E-state index contributed by atoms with van der Waals surface area (Å²) in [6.45, 7) is 4.38. The average molecular weight is 162 g/mol. The molecule has 2 nitrogen and oxygen atoms in total. The van der Waals surface area contributed by atoms with Crippen LogP contribution in [0, 0.1) is 5.92 Å². The van der Waals surface area contributed by atoms with Crippen LogP contribution in [0.2, 0.25) is 0 Å². The molecule has 0 aliphatic carbocycles. The van der Waals surface area contributed by atoms with E-state index in [4.69, 9.17) is 5.84 Å². The van der Waals surface area contributed by atoms with Gasteiger partial charge in [0.15, 0.2) is 0 Å². The van der Waals surface area contributed by atoms with Crippen molar-refractivity contribution in [1.82, 2.24) is 5.43 Å². The van der Waals surface area contributed by atoms with Gasteiger partial charge in [-0.05, 0) is 24.3 Å². The molecule has 3 heteroatoms. The van der Waals surface area contributed by atoms with Crippen molar-refractivity contribution in [3.63, 3.8) is 0 Å². The van der Waals surface area contributed by atoms with Crippen LogP contribution in [0.25, 0.3) is 0 Å². The maximum absolute atomic E-state index is 5.36. The van der Waals surface area contributed by atoms with Crippen molar-refractivity contribution in [2.75, 3.05) is 12.0 Å². The van der Waals surface area contributed by atoms with Gasteiger partial charge in [0, 0.05) is 6.04 Å². The summed E-state index contributed by atoms with van der Waals surface area (Å²) in [4.78, 5) is 0. The highest BCUT2D eigenvalue weighted by Gasteiger charge is 2.11. The first-order chi connectivity index (χ1) is 4.76. The first-order valence-electron chi connectivity index (χ1n) is 3.71. The van der Waals surface area contributed by atoms with Crippen molar-refractivity contribution in [1.29, 1.82) is 0 Å². The molecule has 62 valence electrons. The summed E-state index contributed by atoms with van der Waals surface area (Å²) in [6.07, 6.45) is 3.23. The van der Waals surface area contributed by atoms with Gasteiger partial charge in [0.05, 0.1) is 0 Å². The van der Waals surface area contributed by atoms with Crippen LogP contribution < -0.4 is 11.3 Å². The zero-order valence-electron chi connectivity index (χ0n) is 7.05. The van der Waals surface area contributed by atoms with Crippen molar-refractivity contribution in [3.8, 4) is 0 Å². The zero-order chi connectivity index (χ0) is 7.98. The minimum Gasteiger partial charge on any atom is -0.271 e. The Bertz CT molecular complexity index is 74.0. The Morgan fingerprint density at radius 3 is 2.50 bits per heavy atom. The van der Waals surface area contributed by atoms with Gasteiger partial charge in [-0.25, -0.2) is 0 Å². The number of thioether (sulfide) groups is 1. The fourth-order valence-corrected chi connectivity index (χ4v) is 1.82. The molecule has 0 heterocycles. The van der Waals surface area contributed by atoms with Crippen LogP contribution in [0.1, 0.15) is 20.3 Å². The molecular formula is C7H18N2S. The molecular weight excluding hydrogens is 144 g/mol. The number of hydrazine groups is 1. The average Bonchev–Trinajstić information content (AvgIpc) is 1.91. The summed E-state index contributed by atoms with van der Waals surface area (Å²) in [7, 11) is 0. The minimum absolute atomic E-state index is 0.479. The Balaban J connectivity index is 3.53. The van der Waals surface area contributed by atoms with Crippen molar-refractivity contribution < 1.29 is 0 Å². The van der Waals surface area contributed by atoms with E-state index in [-0.39, 0.29) is 0 Å². The maximum atomic E-state index is 5.36. The topological polar surface area (TPSA) is 38.0 Å². The van der Waals surface area contributed by atoms with Crippen LogP contribution in [0.5, 0.6) is 0 Å². The molecule has 0 aromatic rings. The lowest BCUT2D eigenvalue weighted by Gasteiger charge is -2.20. The highest BCUT2D eigenvalue weighted by atomic mass is 32.2. The molecule has 0 saturated heterocycles. The standard InChI is InChI=1S/C7H18N2S/c1-4-7(9-8)6(2)5-10-3/h6-7,9H,4-5,8H2,1-3H3. The van der Waals surface area contributed by atoms with E-state index in [0.717, 1.165) is 6.42 Å². The summed E-state index contributed by atoms with van der Waals surface area (Å²) >= 11 is 1.87. The second-order valence-corrected chi connectivity index (χ2v) is 3.52. The van der Waals surface area contributed by atoms with Crippen molar-refractivity contribution in [2.24, 2.45) is 11.8 Å². The van der Waals surface area contributed by atoms with Gasteiger partial charge >= 0.3 is 0 Å². The molecule has 0 aromatic carbocycles. The Labute approximate surface area is 67.9 Å². The lowest BCUT2D eigenvalue weighted by atomic mass is 10.0. The smallest absolute Gasteiger partial charge is 0.0241 e. The van der Waals surface area contributed by atoms with E-state index in [1.165, 1.54) is 5.75 Å². The normalized spacial score (nSPS) is 16.8. The fourth-order valence-electron chi connectivity index (χ4n) is 1.06. The van der Waals surface area contributed by atoms with Gasteiger partial charge in [-0.15, -0.1) is 0 Å². The molecule has 2 unspecified atom stereocenters. The minimum atomic E-state index is 0.479. The van der Waals surface area contributed by atoms with Crippen LogP contribution in [-0.4, -0.2) is 18.1 Å². The number of hydrogen-bond donors (Lipinski definition) is 2. The molecule has 2 atom stereocenters. The predicted molar refractivity (Wildman–Crippen MR) is 48.9 cm³/mol. The maximum Gasteiger partial charge on any atom is 0.0241 e. The van der Waals surface area contributed by atoms with Gasteiger partial charge in [-0.1, -0.05) is 13.8 Å². The second kappa shape index (κ2) is 6.01. The summed E-state index contributed by atoms with van der Waals surface area (Å²) in [5.41, 5.74) is 2.82. The number of nitrogens with one attached hydrogen (secondary N) is 1. The molecule has 0 saturated carbocycles. The SMILES string of the molecule is CCC(NN)C(C)CSC. The van der Waals surface area contributed by atoms with E-state index in [9.17, 15) is 0 Å². The largest absolute Gasteiger partial charge is 0.271 e. The van der Waals surface area contributed by atoms with Crippen LogP contribution in [-0.2, 0) is 0 Å². The quantitative estimate of drug-likeness (QED) is 0.471. The summed E-state index contributed by atoms with van der Waals surface area (Å²) < 4.78 is 0. The summed E-state index contributed by atoms with van der Waals surface area (Å²) in [6, 6.07) is 0.479. The van der Waals surface area contributed by atoms with Gasteiger partial charge in [-0.3, -0.25) is 11.3 Å². The van der Waals surface area contributed by atoms with Crippen molar-refractivity contribution in [2.45, 2.75) is 26.3 Å². The Hall–Kier alpha value is 0.270. The van der Waals surface area contributed by atoms with Crippen molar-refractivity contribution >= 4 is 11.8 Å². The van der Waals surface area contributed by atoms with E-state index < -0.39 is 0 Å². The molecule has 0 rings (SSSR count). The molecule has 0 aliphatic rings. The van der Waals surface area contributed by atoms with Gasteiger partial charge in [0.1, 0.15) is 0 Å². The predicted octanol–water partition coefficient (Wildman–Crippen LogP) is 1.23. The van der Waals surface area contributed by atoms with Gasteiger partial charge in [0.2, 0.25) is 0 Å². The first-order valence-corrected chi connectivity index (χ1v) is 5.10. The van der Waals surface area contributed by atoms with Gasteiger partial charge in [0.25, 0.3) is 0 Å². The third-order valence-electron chi connectivity index (χ3n) is 1.77. The second-order valence-electron chi connectivity index (χ2n) is 2.61. The molecule has 0 amide bonds. The van der Waals surface area contributed by atoms with E-state index in [0.29, 0.717) is 12.0 Å². The molecule has 0 fully saturated rings. The van der Waals surface area contributed by atoms with Gasteiger partial charge in [-0.2, -0.15) is 11.8 Å². The molecule has 0 spiro atoms. The van der Waals surface area contributed by atoms with Crippen LogP contribution >= 0.6 is 11.8 Å². The number of rotatable bonds is 5.